The molecule has 0 aliphatic rings. The molecule has 0 unspecified atom stereocenters. The van der Waals surface area contributed by atoms with Gasteiger partial charge in [0.1, 0.15) is 12.0 Å². The van der Waals surface area contributed by atoms with Crippen LogP contribution in [0.3, 0.4) is 0 Å². The van der Waals surface area contributed by atoms with Gasteiger partial charge in [0.2, 0.25) is 0 Å². The average Bonchev–Trinajstić information content (AvgIpc) is 2.57. The molecule has 0 spiro atoms. The Hall–Kier alpha value is -2.05. The second-order valence-electron chi connectivity index (χ2n) is 2.71. The van der Waals surface area contributed by atoms with Crippen LogP contribution in [0.1, 0.15) is 5.69 Å². The smallest absolute Gasteiger partial charge is 0.294 e. The first kappa shape index (κ1) is 8.54. The van der Waals surface area contributed by atoms with Crippen LogP contribution in [0.25, 0.3) is 5.65 Å². The normalized spacial score (nSPS) is 11.6. The van der Waals surface area contributed by atoms with Crippen molar-refractivity contribution < 1.29 is 0 Å². The summed E-state index contributed by atoms with van der Waals surface area (Å²) in [4.78, 5) is 19.3. The van der Waals surface area contributed by atoms with Crippen LogP contribution in [0.2, 0.25) is 0 Å². The Morgan fingerprint density at radius 3 is 3.07 bits per heavy atom. The zero-order valence-electron chi connectivity index (χ0n) is 7.75. The Labute approximate surface area is 78.7 Å². The standard InChI is InChI=1S/C7H8N6O/c1-8-3-5-6-10-11-12(2)7(14)13(6)4-9-5/h3-4H,1-2H3/b8-3-. The van der Waals surface area contributed by atoms with E-state index < -0.39 is 0 Å². The summed E-state index contributed by atoms with van der Waals surface area (Å²) in [5.41, 5.74) is 0.676. The number of aliphatic imine (C=N–C) groups is 1. The molecular formula is C7H8N6O. The number of hydrogen-bond acceptors (Lipinski definition) is 5. The first-order valence-electron chi connectivity index (χ1n) is 3.93. The Balaban J connectivity index is 2.84. The molecule has 0 amide bonds. The second kappa shape index (κ2) is 3.02. The molecule has 0 saturated carbocycles. The van der Waals surface area contributed by atoms with Crippen LogP contribution in [0.15, 0.2) is 16.1 Å². The summed E-state index contributed by atoms with van der Waals surface area (Å²) in [6, 6.07) is 0. The van der Waals surface area contributed by atoms with Gasteiger partial charge in [0, 0.05) is 14.1 Å². The summed E-state index contributed by atoms with van der Waals surface area (Å²) in [7, 11) is 3.15. The SMILES string of the molecule is C/N=C\c1ncn2c(=O)n(C)nnc12. The molecule has 2 aromatic heterocycles. The molecule has 72 valence electrons. The van der Waals surface area contributed by atoms with Gasteiger partial charge in [-0.15, -0.1) is 5.10 Å². The fraction of sp³-hybridized carbons (Fsp3) is 0.286. The zero-order chi connectivity index (χ0) is 10.1. The fourth-order valence-corrected chi connectivity index (χ4v) is 1.11. The molecule has 2 aromatic rings. The van der Waals surface area contributed by atoms with Crippen LogP contribution >= 0.6 is 0 Å². The second-order valence-corrected chi connectivity index (χ2v) is 2.71. The first-order valence-corrected chi connectivity index (χ1v) is 3.93. The van der Waals surface area contributed by atoms with Crippen molar-refractivity contribution in [2.45, 2.75) is 0 Å². The van der Waals surface area contributed by atoms with E-state index in [9.17, 15) is 4.79 Å². The predicted octanol–water partition coefficient (Wildman–Crippen LogP) is -1.13. The molecule has 7 nitrogen and oxygen atoms in total. The van der Waals surface area contributed by atoms with E-state index in [1.54, 1.807) is 7.05 Å². The summed E-state index contributed by atoms with van der Waals surface area (Å²) in [6.45, 7) is 0. The van der Waals surface area contributed by atoms with E-state index >= 15 is 0 Å². The Kier molecular flexibility index (Phi) is 1.84. The molecule has 0 radical (unpaired) electrons. The van der Waals surface area contributed by atoms with Crippen molar-refractivity contribution >= 4 is 11.9 Å². The quantitative estimate of drug-likeness (QED) is 0.536. The summed E-state index contributed by atoms with van der Waals surface area (Å²) < 4.78 is 2.46. The lowest BCUT2D eigenvalue weighted by atomic mass is 10.5. The third-order valence-corrected chi connectivity index (χ3v) is 1.78. The van der Waals surface area contributed by atoms with E-state index in [1.165, 1.54) is 24.0 Å². The molecule has 0 aromatic carbocycles. The van der Waals surface area contributed by atoms with E-state index in [0.717, 1.165) is 4.68 Å². The van der Waals surface area contributed by atoms with E-state index in [1.807, 2.05) is 0 Å². The van der Waals surface area contributed by atoms with Crippen LogP contribution in [-0.2, 0) is 7.05 Å². The highest BCUT2D eigenvalue weighted by Crippen LogP contribution is 1.98. The minimum absolute atomic E-state index is 0.279. The Bertz CT molecular complexity index is 551. The number of rotatable bonds is 1. The van der Waals surface area contributed by atoms with Gasteiger partial charge in [-0.05, 0) is 0 Å². The van der Waals surface area contributed by atoms with E-state index in [-0.39, 0.29) is 5.69 Å². The van der Waals surface area contributed by atoms with Gasteiger partial charge in [-0.25, -0.2) is 14.2 Å². The van der Waals surface area contributed by atoms with Crippen molar-refractivity contribution in [3.8, 4) is 0 Å². The molecule has 0 aliphatic carbocycles. The van der Waals surface area contributed by atoms with Crippen molar-refractivity contribution in [2.75, 3.05) is 7.05 Å². The maximum absolute atomic E-state index is 11.5. The minimum atomic E-state index is -0.279. The van der Waals surface area contributed by atoms with Crippen molar-refractivity contribution in [3.05, 3.63) is 22.5 Å². The van der Waals surface area contributed by atoms with Crippen LogP contribution in [-0.4, -0.2) is 37.6 Å². The van der Waals surface area contributed by atoms with Gasteiger partial charge in [-0.1, -0.05) is 5.21 Å². The summed E-state index contributed by atoms with van der Waals surface area (Å²) in [5, 5.41) is 7.50. The molecule has 2 heterocycles. The summed E-state index contributed by atoms with van der Waals surface area (Å²) >= 11 is 0. The third-order valence-electron chi connectivity index (χ3n) is 1.78. The maximum atomic E-state index is 11.5. The predicted molar refractivity (Wildman–Crippen MR) is 49.5 cm³/mol. The molecule has 0 N–H and O–H groups in total. The first-order chi connectivity index (χ1) is 6.74. The lowest BCUT2D eigenvalue weighted by molar-refractivity contribution is 0.607. The van der Waals surface area contributed by atoms with Crippen molar-refractivity contribution in [2.24, 2.45) is 12.0 Å². The van der Waals surface area contributed by atoms with Crippen LogP contribution in [0.4, 0.5) is 0 Å². The van der Waals surface area contributed by atoms with Crippen molar-refractivity contribution in [1.82, 2.24) is 24.4 Å². The highest BCUT2D eigenvalue weighted by Gasteiger charge is 2.07. The monoisotopic (exact) mass is 192 g/mol. The molecular weight excluding hydrogens is 184 g/mol. The maximum Gasteiger partial charge on any atom is 0.352 e. The Morgan fingerprint density at radius 2 is 2.36 bits per heavy atom. The minimum Gasteiger partial charge on any atom is -0.294 e. The molecule has 0 atom stereocenters. The zero-order valence-corrected chi connectivity index (χ0v) is 7.75. The molecule has 7 heteroatoms. The van der Waals surface area contributed by atoms with Gasteiger partial charge in [0.05, 0.1) is 6.21 Å². The Morgan fingerprint density at radius 1 is 1.57 bits per heavy atom. The number of fused-ring (bicyclic) bond motifs is 1. The van der Waals surface area contributed by atoms with Gasteiger partial charge in [0.25, 0.3) is 0 Å². The van der Waals surface area contributed by atoms with Gasteiger partial charge in [-0.3, -0.25) is 4.99 Å². The van der Waals surface area contributed by atoms with Gasteiger partial charge >= 0.3 is 5.69 Å². The highest BCUT2D eigenvalue weighted by atomic mass is 16.2. The van der Waals surface area contributed by atoms with Crippen LogP contribution in [0.5, 0.6) is 0 Å². The largest absolute Gasteiger partial charge is 0.352 e. The van der Waals surface area contributed by atoms with E-state index in [2.05, 4.69) is 20.3 Å². The number of nitrogens with zero attached hydrogens (tertiary/aromatic N) is 6. The lowest BCUT2D eigenvalue weighted by Gasteiger charge is -1.94. The molecule has 0 aliphatic heterocycles. The average molecular weight is 192 g/mol. The van der Waals surface area contributed by atoms with Crippen molar-refractivity contribution in [1.29, 1.82) is 0 Å². The lowest BCUT2D eigenvalue weighted by Crippen LogP contribution is -2.27. The topological polar surface area (TPSA) is 77.4 Å². The fourth-order valence-electron chi connectivity index (χ4n) is 1.11. The number of aryl methyl sites for hydroxylation is 1. The molecule has 0 bridgehead atoms. The van der Waals surface area contributed by atoms with Gasteiger partial charge in [-0.2, -0.15) is 4.68 Å². The molecule has 2 rings (SSSR count). The third kappa shape index (κ3) is 1.10. The molecule has 0 fully saturated rings. The van der Waals surface area contributed by atoms with Crippen LogP contribution < -0.4 is 5.69 Å². The van der Waals surface area contributed by atoms with Crippen LogP contribution in [0, 0.1) is 0 Å². The van der Waals surface area contributed by atoms with E-state index in [4.69, 9.17) is 0 Å². The molecule has 0 saturated heterocycles. The summed E-state index contributed by atoms with van der Waals surface area (Å²) in [5.74, 6) is 0. The van der Waals surface area contributed by atoms with Crippen molar-refractivity contribution in [3.63, 3.8) is 0 Å². The number of aromatic nitrogens is 5. The summed E-state index contributed by atoms with van der Waals surface area (Å²) in [6.07, 6.45) is 2.94. The molecule has 14 heavy (non-hydrogen) atoms. The van der Waals surface area contributed by atoms with E-state index in [0.29, 0.717) is 11.3 Å². The van der Waals surface area contributed by atoms with Gasteiger partial charge in [0.15, 0.2) is 5.65 Å². The number of imidazole rings is 1. The van der Waals surface area contributed by atoms with Gasteiger partial charge < -0.3 is 0 Å². The number of hydrogen-bond donors (Lipinski definition) is 0. The highest BCUT2D eigenvalue weighted by molar-refractivity contribution is 5.84.